The van der Waals surface area contributed by atoms with Gasteiger partial charge in [0, 0.05) is 0 Å². The van der Waals surface area contributed by atoms with Gasteiger partial charge in [-0.05, 0) is 0 Å². The summed E-state index contributed by atoms with van der Waals surface area (Å²) in [4.78, 5) is 7.01. The Morgan fingerprint density at radius 3 is 1.89 bits per heavy atom. The molecular formula is C7H16OSn. The molecule has 54 valence electrons. The van der Waals surface area contributed by atoms with E-state index >= 15 is 0 Å². The van der Waals surface area contributed by atoms with Gasteiger partial charge in [-0.3, -0.25) is 0 Å². The first-order chi connectivity index (χ1) is 4.02. The quantitative estimate of drug-likeness (QED) is 0.537. The zero-order valence-corrected chi connectivity index (χ0v) is 9.62. The first kappa shape index (κ1) is 9.50. The molecule has 0 N–H and O–H groups in total. The van der Waals surface area contributed by atoms with Crippen LogP contribution in [-0.4, -0.2) is 29.6 Å². The topological polar surface area (TPSA) is 9.23 Å². The molecule has 0 heterocycles. The molecule has 0 aromatic rings. The molecule has 0 aliphatic carbocycles. The monoisotopic (exact) mass is 236 g/mol. The van der Waals surface area contributed by atoms with Gasteiger partial charge in [0.05, 0.1) is 0 Å². The second-order valence-corrected chi connectivity index (χ2v) is 18.4. The van der Waals surface area contributed by atoms with Gasteiger partial charge in [-0.2, -0.15) is 0 Å². The molecule has 1 atom stereocenters. The summed E-state index contributed by atoms with van der Waals surface area (Å²) in [5.74, 6) is 0. The van der Waals surface area contributed by atoms with E-state index in [4.69, 9.17) is 4.74 Å². The fourth-order valence-electron chi connectivity index (χ4n) is 0.803. The van der Waals surface area contributed by atoms with Crippen molar-refractivity contribution >= 4 is 18.4 Å². The second-order valence-electron chi connectivity index (χ2n) is 3.26. The van der Waals surface area contributed by atoms with Crippen molar-refractivity contribution in [3.8, 4) is 0 Å². The minimum atomic E-state index is -1.79. The van der Waals surface area contributed by atoms with Gasteiger partial charge in [0.1, 0.15) is 0 Å². The van der Waals surface area contributed by atoms with E-state index in [1.165, 1.54) is 0 Å². The molecule has 0 saturated carbocycles. The summed E-state index contributed by atoms with van der Waals surface area (Å²) >= 11 is -1.79. The first-order valence-corrected chi connectivity index (χ1v) is 13.4. The zero-order chi connectivity index (χ0) is 7.49. The van der Waals surface area contributed by atoms with Crippen molar-refractivity contribution in [2.75, 3.05) is 7.11 Å². The fourth-order valence-corrected chi connectivity index (χ4v) is 4.84. The third-order valence-corrected chi connectivity index (χ3v) is 7.54. The Morgan fingerprint density at radius 1 is 1.44 bits per heavy atom. The zero-order valence-electron chi connectivity index (χ0n) is 6.77. The third-order valence-electron chi connectivity index (χ3n) is 1.32. The maximum atomic E-state index is 5.24. The maximum absolute atomic E-state index is 5.24. The summed E-state index contributed by atoms with van der Waals surface area (Å²) < 4.78 is 5.61. The van der Waals surface area contributed by atoms with E-state index in [2.05, 4.69) is 21.4 Å². The molecule has 0 aromatic heterocycles. The summed E-state index contributed by atoms with van der Waals surface area (Å²) in [5.41, 5.74) is 0. The van der Waals surface area contributed by atoms with Crippen LogP contribution in [0.3, 0.4) is 0 Å². The van der Waals surface area contributed by atoms with Crippen LogP contribution in [0.1, 0.15) is 0 Å². The Labute approximate surface area is 62.0 Å². The van der Waals surface area contributed by atoms with E-state index in [-0.39, 0.29) is 0 Å². The number of methoxy groups -OCH3 is 1. The summed E-state index contributed by atoms with van der Waals surface area (Å²) in [6, 6.07) is 0. The summed E-state index contributed by atoms with van der Waals surface area (Å²) in [5, 5.41) is 0. The van der Waals surface area contributed by atoms with Crippen molar-refractivity contribution in [1.29, 1.82) is 0 Å². The van der Waals surface area contributed by atoms with Gasteiger partial charge in [-0.25, -0.2) is 0 Å². The van der Waals surface area contributed by atoms with Crippen LogP contribution in [0.4, 0.5) is 0 Å². The molecule has 0 rings (SSSR count). The molecule has 0 aliphatic rings. The molecule has 9 heavy (non-hydrogen) atoms. The predicted molar refractivity (Wildman–Crippen MR) is 44.3 cm³/mol. The van der Waals surface area contributed by atoms with Crippen LogP contribution in [0, 0.1) is 0 Å². The van der Waals surface area contributed by atoms with E-state index in [1.54, 1.807) is 7.11 Å². The number of rotatable bonds is 3. The summed E-state index contributed by atoms with van der Waals surface area (Å²) in [7, 11) is 1.76. The predicted octanol–water partition coefficient (Wildman–Crippen LogP) is 2.06. The average Bonchev–Trinajstić information content (AvgIpc) is 1.65. The molecule has 0 bridgehead atoms. The molecule has 0 radical (unpaired) electrons. The standard InChI is InChI=1S/C4H7O.3CH3.Sn/c1-3-4-5-2;;;;/h3-4H,1H2,2H3;3*1H3;. The Balaban J connectivity index is 3.94. The molecule has 0 saturated heterocycles. The number of hydrogen-bond acceptors (Lipinski definition) is 1. The SMILES string of the molecule is C=C[CH](OC)[Sn]([CH3])([CH3])[CH3]. The Morgan fingerprint density at radius 2 is 1.89 bits per heavy atom. The van der Waals surface area contributed by atoms with E-state index in [0.717, 1.165) is 0 Å². The van der Waals surface area contributed by atoms with Crippen LogP contribution in [0.25, 0.3) is 0 Å². The van der Waals surface area contributed by atoms with Crippen LogP contribution in [0.15, 0.2) is 12.7 Å². The summed E-state index contributed by atoms with van der Waals surface area (Å²) in [6.45, 7) is 3.73. The number of ether oxygens (including phenoxy) is 1. The van der Waals surface area contributed by atoms with E-state index in [9.17, 15) is 0 Å². The molecule has 0 fully saturated rings. The summed E-state index contributed by atoms with van der Waals surface area (Å²) in [6.07, 6.45) is 1.93. The van der Waals surface area contributed by atoms with Crippen LogP contribution in [0.2, 0.25) is 14.8 Å². The minimum absolute atomic E-state index is 0.374. The average molecular weight is 235 g/mol. The van der Waals surface area contributed by atoms with Crippen LogP contribution in [0.5, 0.6) is 0 Å². The van der Waals surface area contributed by atoms with E-state index in [1.807, 2.05) is 6.08 Å². The van der Waals surface area contributed by atoms with Gasteiger partial charge in [-0.15, -0.1) is 0 Å². The first-order valence-electron chi connectivity index (χ1n) is 3.17. The van der Waals surface area contributed by atoms with Gasteiger partial charge in [0.15, 0.2) is 0 Å². The normalized spacial score (nSPS) is 15.1. The Hall–Kier alpha value is 0.499. The van der Waals surface area contributed by atoms with E-state index in [0.29, 0.717) is 4.12 Å². The van der Waals surface area contributed by atoms with Crippen LogP contribution in [-0.2, 0) is 4.74 Å². The van der Waals surface area contributed by atoms with Crippen molar-refractivity contribution in [3.63, 3.8) is 0 Å². The third kappa shape index (κ3) is 3.26. The van der Waals surface area contributed by atoms with Crippen molar-refractivity contribution in [2.24, 2.45) is 0 Å². The molecule has 2 heteroatoms. The van der Waals surface area contributed by atoms with Crippen LogP contribution >= 0.6 is 0 Å². The molecular weight excluding hydrogens is 219 g/mol. The van der Waals surface area contributed by atoms with Crippen LogP contribution < -0.4 is 0 Å². The fraction of sp³-hybridized carbons (Fsp3) is 0.714. The second kappa shape index (κ2) is 3.61. The van der Waals surface area contributed by atoms with Crippen molar-refractivity contribution < 1.29 is 4.74 Å². The van der Waals surface area contributed by atoms with Crippen molar-refractivity contribution in [2.45, 2.75) is 18.9 Å². The van der Waals surface area contributed by atoms with Crippen molar-refractivity contribution in [3.05, 3.63) is 12.7 Å². The van der Waals surface area contributed by atoms with Crippen molar-refractivity contribution in [1.82, 2.24) is 0 Å². The van der Waals surface area contributed by atoms with Gasteiger partial charge < -0.3 is 0 Å². The molecule has 1 nitrogen and oxygen atoms in total. The molecule has 0 spiro atoms. The molecule has 0 amide bonds. The molecule has 0 aliphatic heterocycles. The van der Waals surface area contributed by atoms with Gasteiger partial charge >= 0.3 is 61.8 Å². The van der Waals surface area contributed by atoms with Gasteiger partial charge in [0.25, 0.3) is 0 Å². The Bertz CT molecular complexity index is 93.6. The molecule has 1 unspecified atom stereocenters. The van der Waals surface area contributed by atoms with Gasteiger partial charge in [0.2, 0.25) is 0 Å². The molecule has 0 aromatic carbocycles. The Kier molecular flexibility index (Phi) is 3.81. The number of hydrogen-bond donors (Lipinski definition) is 0. The van der Waals surface area contributed by atoms with Gasteiger partial charge in [-0.1, -0.05) is 0 Å². The van der Waals surface area contributed by atoms with E-state index < -0.39 is 18.4 Å².